The van der Waals surface area contributed by atoms with Crippen LogP contribution in [0, 0.1) is 6.92 Å². The number of anilines is 1. The average Bonchev–Trinajstić information content (AvgIpc) is 3.17. The number of carbonyl (C=O) groups excluding carboxylic acids is 3. The van der Waals surface area contributed by atoms with Crippen LogP contribution >= 0.6 is 0 Å². The highest BCUT2D eigenvalue weighted by molar-refractivity contribution is 6.12. The highest BCUT2D eigenvalue weighted by Gasteiger charge is 2.59. The minimum atomic E-state index is -0.755. The van der Waals surface area contributed by atoms with Crippen LogP contribution in [0.5, 0.6) is 0 Å². The lowest BCUT2D eigenvalue weighted by Crippen LogP contribution is -2.47. The van der Waals surface area contributed by atoms with Crippen molar-refractivity contribution in [1.82, 2.24) is 9.80 Å². The van der Waals surface area contributed by atoms with Crippen molar-refractivity contribution in [2.45, 2.75) is 44.7 Å². The molecular formula is C18H21N3O3. The van der Waals surface area contributed by atoms with Crippen molar-refractivity contribution in [2.24, 2.45) is 0 Å². The van der Waals surface area contributed by atoms with Crippen LogP contribution in [0.2, 0.25) is 0 Å². The average molecular weight is 327 g/mol. The van der Waals surface area contributed by atoms with Gasteiger partial charge in [-0.05, 0) is 45.2 Å². The van der Waals surface area contributed by atoms with Gasteiger partial charge in [-0.2, -0.15) is 0 Å². The molecule has 0 N–H and O–H groups in total. The Labute approximate surface area is 141 Å². The summed E-state index contributed by atoms with van der Waals surface area (Å²) in [5.41, 5.74) is 1.19. The molecule has 0 unspecified atom stereocenters. The molecule has 3 heterocycles. The third kappa shape index (κ3) is 1.92. The number of imide groups is 1. The fraction of sp³-hybridized carbons (Fsp3) is 0.500. The molecule has 0 saturated carbocycles. The van der Waals surface area contributed by atoms with Gasteiger partial charge in [0.2, 0.25) is 5.91 Å². The molecule has 3 aliphatic heterocycles. The van der Waals surface area contributed by atoms with Crippen molar-refractivity contribution in [1.29, 1.82) is 0 Å². The van der Waals surface area contributed by atoms with Gasteiger partial charge >= 0.3 is 6.03 Å². The largest absolute Gasteiger partial charge is 0.328 e. The van der Waals surface area contributed by atoms with Crippen LogP contribution in [0.1, 0.15) is 31.7 Å². The van der Waals surface area contributed by atoms with Crippen LogP contribution in [-0.2, 0) is 9.59 Å². The van der Waals surface area contributed by atoms with E-state index in [1.807, 2.05) is 38.1 Å². The Morgan fingerprint density at radius 3 is 2.46 bits per heavy atom. The predicted molar refractivity (Wildman–Crippen MR) is 88.5 cm³/mol. The summed E-state index contributed by atoms with van der Waals surface area (Å²) in [7, 11) is 0. The molecule has 6 heteroatoms. The van der Waals surface area contributed by atoms with Gasteiger partial charge in [-0.3, -0.25) is 9.59 Å². The molecular weight excluding hydrogens is 306 g/mol. The zero-order valence-corrected chi connectivity index (χ0v) is 14.0. The van der Waals surface area contributed by atoms with E-state index in [2.05, 4.69) is 0 Å². The van der Waals surface area contributed by atoms with E-state index in [4.69, 9.17) is 0 Å². The van der Waals surface area contributed by atoms with Gasteiger partial charge in [-0.15, -0.1) is 0 Å². The minimum absolute atomic E-state index is 0.162. The van der Waals surface area contributed by atoms with E-state index < -0.39 is 11.6 Å². The molecule has 0 spiro atoms. The number of nitrogens with zero attached hydrogens (tertiary/aromatic N) is 3. The third-order valence-electron chi connectivity index (χ3n) is 5.59. The molecule has 3 saturated heterocycles. The highest BCUT2D eigenvalue weighted by atomic mass is 16.2. The van der Waals surface area contributed by atoms with Gasteiger partial charge in [-0.1, -0.05) is 17.7 Å². The summed E-state index contributed by atoms with van der Waals surface area (Å²) in [5.74, 6) is -0.376. The maximum absolute atomic E-state index is 12.9. The van der Waals surface area contributed by atoms with Gasteiger partial charge in [0.05, 0.1) is 0 Å². The maximum Gasteiger partial charge on any atom is 0.328 e. The topological polar surface area (TPSA) is 60.9 Å². The molecule has 2 atom stereocenters. The number of urea groups is 1. The van der Waals surface area contributed by atoms with Crippen molar-refractivity contribution >= 4 is 23.5 Å². The number of hydrogen-bond donors (Lipinski definition) is 0. The van der Waals surface area contributed by atoms with E-state index in [-0.39, 0.29) is 17.8 Å². The Morgan fingerprint density at radius 1 is 1.08 bits per heavy atom. The number of rotatable bonds is 2. The van der Waals surface area contributed by atoms with E-state index in [1.54, 1.807) is 9.80 Å². The predicted octanol–water partition coefficient (Wildman–Crippen LogP) is 1.92. The minimum Gasteiger partial charge on any atom is -0.311 e. The number of fused-ring (bicyclic) bond motifs is 1. The second-order valence-corrected chi connectivity index (χ2v) is 7.12. The molecule has 4 rings (SSSR count). The van der Waals surface area contributed by atoms with Gasteiger partial charge in [0.25, 0.3) is 5.91 Å². The molecule has 6 nitrogen and oxygen atoms in total. The Morgan fingerprint density at radius 2 is 1.79 bits per heavy atom. The molecule has 0 bridgehead atoms. The number of aryl methyl sites for hydroxylation is 1. The number of carbonyl (C=O) groups is 3. The number of hydrogen-bond acceptors (Lipinski definition) is 3. The first-order valence-electron chi connectivity index (χ1n) is 8.47. The van der Waals surface area contributed by atoms with Crippen LogP contribution in [0.15, 0.2) is 24.3 Å². The molecule has 3 fully saturated rings. The van der Waals surface area contributed by atoms with Crippen LogP contribution in [0.3, 0.4) is 0 Å². The van der Waals surface area contributed by atoms with Gasteiger partial charge < -0.3 is 9.80 Å². The molecule has 0 radical (unpaired) electrons. The second-order valence-electron chi connectivity index (χ2n) is 7.12. The first-order chi connectivity index (χ1) is 11.4. The van der Waals surface area contributed by atoms with Crippen LogP contribution in [0.25, 0.3) is 0 Å². The molecule has 4 amide bonds. The Kier molecular flexibility index (Phi) is 3.20. The molecule has 1 aromatic rings. The summed E-state index contributed by atoms with van der Waals surface area (Å²) in [6, 6.07) is 6.75. The van der Waals surface area contributed by atoms with Crippen molar-refractivity contribution in [3.63, 3.8) is 0 Å². The van der Waals surface area contributed by atoms with E-state index >= 15 is 0 Å². The lowest BCUT2D eigenvalue weighted by molar-refractivity contribution is -0.136. The summed E-state index contributed by atoms with van der Waals surface area (Å²) < 4.78 is 0. The van der Waals surface area contributed by atoms with Crippen LogP contribution in [0.4, 0.5) is 10.5 Å². The summed E-state index contributed by atoms with van der Waals surface area (Å²) >= 11 is 0. The zero-order valence-electron chi connectivity index (χ0n) is 14.0. The first-order valence-corrected chi connectivity index (χ1v) is 8.47. The van der Waals surface area contributed by atoms with E-state index in [0.29, 0.717) is 25.9 Å². The fourth-order valence-electron chi connectivity index (χ4n) is 4.13. The Bertz CT molecular complexity index is 730. The molecule has 0 aromatic heterocycles. The summed E-state index contributed by atoms with van der Waals surface area (Å²) in [6.07, 6.45) is 2.01. The van der Waals surface area contributed by atoms with Crippen molar-refractivity contribution in [2.75, 3.05) is 18.0 Å². The SMILES string of the molecule is Cc1ccc(N2CC[C@@H](N3C(=O)N4CCC[C@]4(C)C3=O)C2=O)cc1. The number of benzene rings is 1. The smallest absolute Gasteiger partial charge is 0.311 e. The standard InChI is InChI=1S/C18H21N3O3/c1-12-4-6-13(7-5-12)19-11-8-14(15(19)22)21-16(23)18(2)9-3-10-20(18)17(21)24/h4-7,14H,3,8-11H2,1-2H3/t14-,18-/m1/s1. The van der Waals surface area contributed by atoms with E-state index in [9.17, 15) is 14.4 Å². The zero-order chi connectivity index (χ0) is 17.1. The van der Waals surface area contributed by atoms with Crippen molar-refractivity contribution < 1.29 is 14.4 Å². The van der Waals surface area contributed by atoms with Gasteiger partial charge in [0.15, 0.2) is 0 Å². The summed E-state index contributed by atoms with van der Waals surface area (Å²) in [5, 5.41) is 0. The quantitative estimate of drug-likeness (QED) is 0.780. The molecule has 3 aliphatic rings. The number of amides is 4. The Balaban J connectivity index is 1.60. The van der Waals surface area contributed by atoms with Gasteiger partial charge in [-0.25, -0.2) is 9.69 Å². The van der Waals surface area contributed by atoms with Gasteiger partial charge in [0.1, 0.15) is 11.6 Å². The first kappa shape index (κ1) is 15.2. The molecule has 0 aliphatic carbocycles. The lowest BCUT2D eigenvalue weighted by atomic mass is 9.99. The van der Waals surface area contributed by atoms with Crippen LogP contribution in [-0.4, -0.2) is 52.3 Å². The highest BCUT2D eigenvalue weighted by Crippen LogP contribution is 2.39. The molecule has 24 heavy (non-hydrogen) atoms. The summed E-state index contributed by atoms with van der Waals surface area (Å²) in [6.45, 7) is 4.94. The second kappa shape index (κ2) is 5.06. The van der Waals surface area contributed by atoms with Crippen molar-refractivity contribution in [3.8, 4) is 0 Å². The monoisotopic (exact) mass is 327 g/mol. The molecule has 126 valence electrons. The normalized spacial score (nSPS) is 29.8. The van der Waals surface area contributed by atoms with Crippen LogP contribution < -0.4 is 4.90 Å². The van der Waals surface area contributed by atoms with E-state index in [1.165, 1.54) is 4.90 Å². The van der Waals surface area contributed by atoms with Crippen molar-refractivity contribution in [3.05, 3.63) is 29.8 Å². The maximum atomic E-state index is 12.9. The Hall–Kier alpha value is -2.37. The third-order valence-corrected chi connectivity index (χ3v) is 5.59. The van der Waals surface area contributed by atoms with E-state index in [0.717, 1.165) is 17.7 Å². The lowest BCUT2D eigenvalue weighted by Gasteiger charge is -2.23. The molecule has 1 aromatic carbocycles. The fourth-order valence-corrected chi connectivity index (χ4v) is 4.13. The van der Waals surface area contributed by atoms with Gasteiger partial charge in [0, 0.05) is 18.8 Å². The summed E-state index contributed by atoms with van der Waals surface area (Å²) in [4.78, 5) is 42.9.